The predicted molar refractivity (Wildman–Crippen MR) is 90.0 cm³/mol. The van der Waals surface area contributed by atoms with Crippen molar-refractivity contribution < 1.29 is 4.42 Å². The van der Waals surface area contributed by atoms with Gasteiger partial charge in [-0.05, 0) is 23.6 Å². The molecule has 0 saturated heterocycles. The maximum absolute atomic E-state index is 6.02. The van der Waals surface area contributed by atoms with E-state index in [1.165, 1.54) is 0 Å². The number of furan rings is 1. The van der Waals surface area contributed by atoms with Gasteiger partial charge < -0.3 is 4.42 Å². The molecule has 4 heteroatoms. The maximum Gasteiger partial charge on any atom is 0.163 e. The van der Waals surface area contributed by atoms with Crippen LogP contribution in [0.25, 0.3) is 44.1 Å². The number of nitrogens with zero attached hydrogens (tertiary/aromatic N) is 3. The van der Waals surface area contributed by atoms with Gasteiger partial charge in [-0.3, -0.25) is 15.0 Å². The Labute approximate surface area is 131 Å². The molecule has 0 atom stereocenters. The van der Waals surface area contributed by atoms with Crippen LogP contribution >= 0.6 is 0 Å². The smallest absolute Gasteiger partial charge is 0.163 e. The summed E-state index contributed by atoms with van der Waals surface area (Å²) in [5, 5.41) is 4.27. The van der Waals surface area contributed by atoms with E-state index in [1.807, 2.05) is 36.5 Å². The van der Waals surface area contributed by atoms with E-state index < -0.39 is 0 Å². The lowest BCUT2D eigenvalue weighted by molar-refractivity contribution is 0.666. The molecule has 23 heavy (non-hydrogen) atoms. The minimum atomic E-state index is 0.749. The van der Waals surface area contributed by atoms with Crippen molar-refractivity contribution in [2.75, 3.05) is 0 Å². The van der Waals surface area contributed by atoms with Gasteiger partial charge in [0.15, 0.2) is 11.2 Å². The number of hydrogen-bond donors (Lipinski definition) is 0. The zero-order chi connectivity index (χ0) is 15.2. The van der Waals surface area contributed by atoms with Crippen LogP contribution < -0.4 is 0 Å². The van der Waals surface area contributed by atoms with Crippen LogP contribution in [0, 0.1) is 0 Å². The molecule has 0 bridgehead atoms. The molecule has 4 nitrogen and oxygen atoms in total. The second-order valence-corrected chi connectivity index (χ2v) is 5.39. The van der Waals surface area contributed by atoms with Gasteiger partial charge in [-0.25, -0.2) is 0 Å². The lowest BCUT2D eigenvalue weighted by Crippen LogP contribution is -1.89. The van der Waals surface area contributed by atoms with Crippen molar-refractivity contribution in [2.45, 2.75) is 0 Å². The summed E-state index contributed by atoms with van der Waals surface area (Å²) in [6, 6.07) is 14.1. The van der Waals surface area contributed by atoms with Crippen LogP contribution in [0.3, 0.4) is 0 Å². The summed E-state index contributed by atoms with van der Waals surface area (Å²) in [6.07, 6.45) is 7.11. The van der Waals surface area contributed by atoms with Gasteiger partial charge in [-0.15, -0.1) is 0 Å². The van der Waals surface area contributed by atoms with Crippen molar-refractivity contribution in [2.24, 2.45) is 0 Å². The topological polar surface area (TPSA) is 51.8 Å². The Hall–Kier alpha value is -3.27. The highest BCUT2D eigenvalue weighted by Crippen LogP contribution is 2.35. The number of rotatable bonds is 1. The van der Waals surface area contributed by atoms with Gasteiger partial charge in [0.2, 0.25) is 0 Å². The Balaban J connectivity index is 1.93. The third kappa shape index (κ3) is 1.75. The van der Waals surface area contributed by atoms with Gasteiger partial charge in [0, 0.05) is 34.7 Å². The van der Waals surface area contributed by atoms with E-state index in [9.17, 15) is 0 Å². The molecule has 0 aliphatic heterocycles. The fourth-order valence-electron chi connectivity index (χ4n) is 3.03. The summed E-state index contributed by atoms with van der Waals surface area (Å²) in [7, 11) is 0. The standard InChI is InChI=1S/C19H11N3O/c1-2-4-13-12(3-1)5-9-21-17(13)18-19-15(7-10-22-18)14-6-8-20-11-16(14)23-19/h1-11H. The average molecular weight is 297 g/mol. The zero-order valence-corrected chi connectivity index (χ0v) is 12.1. The van der Waals surface area contributed by atoms with Crippen molar-refractivity contribution in [3.8, 4) is 11.4 Å². The lowest BCUT2D eigenvalue weighted by Gasteiger charge is -2.05. The van der Waals surface area contributed by atoms with E-state index in [0.29, 0.717) is 0 Å². The van der Waals surface area contributed by atoms with Crippen LogP contribution in [-0.2, 0) is 0 Å². The molecule has 1 aromatic carbocycles. The SMILES string of the molecule is c1ccc2c(-c3nccc4c3oc3cnccc34)nccc2c1. The third-order valence-corrected chi connectivity index (χ3v) is 4.09. The molecule has 4 aromatic heterocycles. The van der Waals surface area contributed by atoms with Crippen LogP contribution in [-0.4, -0.2) is 15.0 Å². The fourth-order valence-corrected chi connectivity index (χ4v) is 3.03. The molecule has 5 rings (SSSR count). The number of fused-ring (bicyclic) bond motifs is 4. The predicted octanol–water partition coefficient (Wildman–Crippen LogP) is 4.59. The fraction of sp³-hybridized carbons (Fsp3) is 0. The van der Waals surface area contributed by atoms with E-state index in [1.54, 1.807) is 18.6 Å². The summed E-state index contributed by atoms with van der Waals surface area (Å²) < 4.78 is 6.02. The number of hydrogen-bond acceptors (Lipinski definition) is 4. The molecule has 0 fully saturated rings. The molecule has 108 valence electrons. The molecule has 4 heterocycles. The molecule has 0 radical (unpaired) electrons. The van der Waals surface area contributed by atoms with Crippen molar-refractivity contribution in [3.63, 3.8) is 0 Å². The van der Waals surface area contributed by atoms with Crippen molar-refractivity contribution in [3.05, 3.63) is 67.3 Å². The second kappa shape index (κ2) is 4.61. The van der Waals surface area contributed by atoms with Crippen molar-refractivity contribution in [1.82, 2.24) is 15.0 Å². The summed E-state index contributed by atoms with van der Waals surface area (Å²) >= 11 is 0. The van der Waals surface area contributed by atoms with Crippen LogP contribution in [0.5, 0.6) is 0 Å². The molecular weight excluding hydrogens is 286 g/mol. The van der Waals surface area contributed by atoms with Gasteiger partial charge in [0.25, 0.3) is 0 Å². The molecule has 0 aliphatic carbocycles. The van der Waals surface area contributed by atoms with Gasteiger partial charge >= 0.3 is 0 Å². The highest BCUT2D eigenvalue weighted by Gasteiger charge is 2.15. The van der Waals surface area contributed by atoms with Gasteiger partial charge in [-0.2, -0.15) is 0 Å². The van der Waals surface area contributed by atoms with Gasteiger partial charge in [0.05, 0.1) is 6.20 Å². The lowest BCUT2D eigenvalue weighted by atomic mass is 10.1. The average Bonchev–Trinajstić information content (AvgIpc) is 3.00. The molecule has 0 amide bonds. The summed E-state index contributed by atoms with van der Waals surface area (Å²) in [4.78, 5) is 13.2. The Bertz CT molecular complexity index is 1170. The number of pyridine rings is 3. The largest absolute Gasteiger partial charge is 0.452 e. The monoisotopic (exact) mass is 297 g/mol. The Morgan fingerprint density at radius 1 is 0.696 bits per heavy atom. The summed E-state index contributed by atoms with van der Waals surface area (Å²) in [6.45, 7) is 0. The van der Waals surface area contributed by atoms with E-state index in [0.717, 1.165) is 44.1 Å². The molecule has 0 saturated carbocycles. The summed E-state index contributed by atoms with van der Waals surface area (Å²) in [5.74, 6) is 0. The van der Waals surface area contributed by atoms with Crippen molar-refractivity contribution in [1.29, 1.82) is 0 Å². The van der Waals surface area contributed by atoms with E-state index >= 15 is 0 Å². The first-order valence-electron chi connectivity index (χ1n) is 7.37. The first kappa shape index (κ1) is 12.3. The van der Waals surface area contributed by atoms with Crippen LogP contribution in [0.15, 0.2) is 71.7 Å². The zero-order valence-electron chi connectivity index (χ0n) is 12.1. The van der Waals surface area contributed by atoms with Crippen molar-refractivity contribution >= 4 is 32.7 Å². The highest BCUT2D eigenvalue weighted by molar-refractivity contribution is 6.10. The third-order valence-electron chi connectivity index (χ3n) is 4.09. The number of benzene rings is 1. The Morgan fingerprint density at radius 2 is 1.52 bits per heavy atom. The summed E-state index contributed by atoms with van der Waals surface area (Å²) in [5.41, 5.74) is 3.10. The minimum absolute atomic E-state index is 0.749. The Kier molecular flexibility index (Phi) is 2.46. The highest BCUT2D eigenvalue weighted by atomic mass is 16.3. The Morgan fingerprint density at radius 3 is 2.52 bits per heavy atom. The van der Waals surface area contributed by atoms with E-state index in [-0.39, 0.29) is 0 Å². The van der Waals surface area contributed by atoms with E-state index in [4.69, 9.17) is 4.42 Å². The normalized spacial score (nSPS) is 11.5. The molecule has 0 unspecified atom stereocenters. The van der Waals surface area contributed by atoms with E-state index in [2.05, 4.69) is 27.1 Å². The van der Waals surface area contributed by atoms with Crippen LogP contribution in [0.2, 0.25) is 0 Å². The second-order valence-electron chi connectivity index (χ2n) is 5.39. The maximum atomic E-state index is 6.02. The minimum Gasteiger partial charge on any atom is -0.452 e. The first-order chi connectivity index (χ1) is 11.4. The first-order valence-corrected chi connectivity index (χ1v) is 7.37. The quantitative estimate of drug-likeness (QED) is 0.454. The van der Waals surface area contributed by atoms with Gasteiger partial charge in [0.1, 0.15) is 11.4 Å². The van der Waals surface area contributed by atoms with Crippen LogP contribution in [0.4, 0.5) is 0 Å². The molecule has 0 aliphatic rings. The van der Waals surface area contributed by atoms with Crippen LogP contribution in [0.1, 0.15) is 0 Å². The molecule has 0 N–H and O–H groups in total. The van der Waals surface area contributed by atoms with Gasteiger partial charge in [-0.1, -0.05) is 24.3 Å². The molecule has 0 spiro atoms. The molecular formula is C19H11N3O. The number of aromatic nitrogens is 3. The molecule has 5 aromatic rings.